The first-order chi connectivity index (χ1) is 8.65. The smallest absolute Gasteiger partial charge is 0.220 e. The molecule has 1 amide bonds. The van der Waals surface area contributed by atoms with E-state index in [4.69, 9.17) is 10.00 Å². The number of amides is 1. The number of hydrogen-bond donors (Lipinski definition) is 1. The van der Waals surface area contributed by atoms with Crippen LogP contribution in [0.5, 0.6) is 0 Å². The molecule has 96 valence electrons. The molecule has 0 bridgehead atoms. The number of benzene rings is 1. The van der Waals surface area contributed by atoms with Gasteiger partial charge in [-0.05, 0) is 23.6 Å². The van der Waals surface area contributed by atoms with Gasteiger partial charge in [0.2, 0.25) is 5.91 Å². The fourth-order valence-corrected chi connectivity index (χ4v) is 1.68. The molecular formula is C14H18N2O2. The minimum atomic E-state index is 0.00177. The van der Waals surface area contributed by atoms with Crippen molar-refractivity contribution in [3.63, 3.8) is 0 Å². The minimum absolute atomic E-state index is 0.00177. The first kappa shape index (κ1) is 14.2. The van der Waals surface area contributed by atoms with Crippen molar-refractivity contribution in [2.45, 2.75) is 19.9 Å². The normalized spacial score (nSPS) is 11.6. The molecule has 0 fully saturated rings. The predicted molar refractivity (Wildman–Crippen MR) is 68.7 cm³/mol. The lowest BCUT2D eigenvalue weighted by molar-refractivity contribution is -0.122. The molecule has 0 spiro atoms. The van der Waals surface area contributed by atoms with Gasteiger partial charge in [-0.25, -0.2) is 0 Å². The number of nitrogens with one attached hydrogen (secondary N) is 1. The number of rotatable bonds is 6. The van der Waals surface area contributed by atoms with E-state index in [0.717, 1.165) is 5.56 Å². The molecule has 0 aromatic heterocycles. The Morgan fingerprint density at radius 1 is 1.56 bits per heavy atom. The van der Waals surface area contributed by atoms with Gasteiger partial charge in [0.25, 0.3) is 0 Å². The van der Waals surface area contributed by atoms with Crippen LogP contribution in [0.25, 0.3) is 0 Å². The Labute approximate surface area is 108 Å². The monoisotopic (exact) mass is 246 g/mol. The highest BCUT2D eigenvalue weighted by Gasteiger charge is 2.08. The molecule has 1 aromatic rings. The van der Waals surface area contributed by atoms with Gasteiger partial charge in [0.1, 0.15) is 0 Å². The molecule has 0 aliphatic rings. The zero-order valence-corrected chi connectivity index (χ0v) is 10.8. The van der Waals surface area contributed by atoms with Gasteiger partial charge < -0.3 is 10.1 Å². The van der Waals surface area contributed by atoms with Crippen molar-refractivity contribution in [1.29, 1.82) is 5.26 Å². The van der Waals surface area contributed by atoms with E-state index in [-0.39, 0.29) is 11.8 Å². The summed E-state index contributed by atoms with van der Waals surface area (Å²) in [6.45, 7) is 3.00. The van der Waals surface area contributed by atoms with Crippen LogP contribution in [0.1, 0.15) is 24.5 Å². The molecule has 0 heterocycles. The Kier molecular flexibility index (Phi) is 5.89. The molecule has 1 N–H and O–H groups in total. The topological polar surface area (TPSA) is 62.1 Å². The van der Waals surface area contributed by atoms with Gasteiger partial charge in [0.15, 0.2) is 0 Å². The van der Waals surface area contributed by atoms with Gasteiger partial charge >= 0.3 is 0 Å². The minimum Gasteiger partial charge on any atom is -0.384 e. The van der Waals surface area contributed by atoms with Gasteiger partial charge in [-0.1, -0.05) is 19.1 Å². The molecule has 0 saturated heterocycles. The zero-order chi connectivity index (χ0) is 13.4. The van der Waals surface area contributed by atoms with E-state index in [1.807, 2.05) is 19.1 Å². The second-order valence-electron chi connectivity index (χ2n) is 4.35. The van der Waals surface area contributed by atoms with Gasteiger partial charge in [-0.3, -0.25) is 4.79 Å². The first-order valence-corrected chi connectivity index (χ1v) is 5.90. The van der Waals surface area contributed by atoms with Gasteiger partial charge in [0, 0.05) is 26.7 Å². The largest absolute Gasteiger partial charge is 0.384 e. The molecule has 0 aliphatic carbocycles. The Morgan fingerprint density at radius 2 is 2.33 bits per heavy atom. The second-order valence-corrected chi connectivity index (χ2v) is 4.35. The van der Waals surface area contributed by atoms with E-state index in [2.05, 4.69) is 11.4 Å². The summed E-state index contributed by atoms with van der Waals surface area (Å²) >= 11 is 0. The lowest BCUT2D eigenvalue weighted by Crippen LogP contribution is -2.25. The van der Waals surface area contributed by atoms with Crippen molar-refractivity contribution >= 4 is 5.91 Å². The van der Waals surface area contributed by atoms with Crippen LogP contribution in [0.4, 0.5) is 0 Å². The van der Waals surface area contributed by atoms with E-state index >= 15 is 0 Å². The highest BCUT2D eigenvalue weighted by molar-refractivity contribution is 5.76. The average molecular weight is 246 g/mol. The third-order valence-corrected chi connectivity index (χ3v) is 2.53. The molecule has 1 unspecified atom stereocenters. The Balaban J connectivity index is 2.40. The molecule has 1 rings (SSSR count). The zero-order valence-electron chi connectivity index (χ0n) is 10.8. The fourth-order valence-electron chi connectivity index (χ4n) is 1.68. The second kappa shape index (κ2) is 7.46. The van der Waals surface area contributed by atoms with Crippen molar-refractivity contribution < 1.29 is 9.53 Å². The molecule has 4 nitrogen and oxygen atoms in total. The van der Waals surface area contributed by atoms with E-state index < -0.39 is 0 Å². The van der Waals surface area contributed by atoms with Crippen molar-refractivity contribution in [1.82, 2.24) is 5.32 Å². The average Bonchev–Trinajstić information content (AvgIpc) is 2.37. The van der Waals surface area contributed by atoms with Crippen LogP contribution in [0, 0.1) is 17.2 Å². The maximum absolute atomic E-state index is 11.6. The highest BCUT2D eigenvalue weighted by atomic mass is 16.5. The molecule has 0 radical (unpaired) electrons. The molecular weight excluding hydrogens is 228 g/mol. The van der Waals surface area contributed by atoms with Gasteiger partial charge in [-0.15, -0.1) is 0 Å². The quantitative estimate of drug-likeness (QED) is 0.833. The number of nitriles is 1. The summed E-state index contributed by atoms with van der Waals surface area (Å²) in [6, 6.07) is 9.30. The summed E-state index contributed by atoms with van der Waals surface area (Å²) in [7, 11) is 1.63. The van der Waals surface area contributed by atoms with Crippen LogP contribution in [-0.4, -0.2) is 19.6 Å². The van der Waals surface area contributed by atoms with Crippen molar-refractivity contribution in [3.8, 4) is 6.07 Å². The Hall–Kier alpha value is -1.86. The fraction of sp³-hybridized carbons (Fsp3) is 0.429. The first-order valence-electron chi connectivity index (χ1n) is 5.90. The maximum atomic E-state index is 11.6. The number of carbonyl (C=O) groups is 1. The summed E-state index contributed by atoms with van der Waals surface area (Å²) in [5.41, 5.74) is 1.54. The summed E-state index contributed by atoms with van der Waals surface area (Å²) in [6.07, 6.45) is 0.450. The lowest BCUT2D eigenvalue weighted by atomic mass is 10.1. The standard InChI is InChI=1S/C14H18N2O2/c1-11(10-18-2)6-14(17)16-9-13-5-3-4-12(7-13)8-15/h3-5,7,11H,6,9-10H2,1-2H3,(H,16,17). The summed E-state index contributed by atoms with van der Waals surface area (Å²) < 4.78 is 4.98. The molecule has 1 aromatic carbocycles. The molecule has 4 heteroatoms. The predicted octanol–water partition coefficient (Wildman–Crippen LogP) is 1.85. The maximum Gasteiger partial charge on any atom is 0.220 e. The van der Waals surface area contributed by atoms with E-state index in [1.165, 1.54) is 0 Å². The summed E-state index contributed by atoms with van der Waals surface area (Å²) in [4.78, 5) is 11.6. The van der Waals surface area contributed by atoms with Crippen LogP contribution >= 0.6 is 0 Å². The van der Waals surface area contributed by atoms with E-state index in [0.29, 0.717) is 25.1 Å². The third kappa shape index (κ3) is 4.98. The number of methoxy groups -OCH3 is 1. The molecule has 0 aliphatic heterocycles. The Bertz CT molecular complexity index is 438. The van der Waals surface area contributed by atoms with Crippen molar-refractivity contribution in [3.05, 3.63) is 35.4 Å². The van der Waals surface area contributed by atoms with Crippen LogP contribution < -0.4 is 5.32 Å². The van der Waals surface area contributed by atoms with E-state index in [1.54, 1.807) is 19.2 Å². The summed E-state index contributed by atoms with van der Waals surface area (Å²) in [5, 5.41) is 11.6. The summed E-state index contributed by atoms with van der Waals surface area (Å²) in [5.74, 6) is 0.211. The molecule has 1 atom stereocenters. The number of carbonyl (C=O) groups excluding carboxylic acids is 1. The number of ether oxygens (including phenoxy) is 1. The van der Waals surface area contributed by atoms with Gasteiger partial charge in [-0.2, -0.15) is 5.26 Å². The number of hydrogen-bond acceptors (Lipinski definition) is 3. The van der Waals surface area contributed by atoms with E-state index in [9.17, 15) is 4.79 Å². The van der Waals surface area contributed by atoms with Crippen LogP contribution in [0.3, 0.4) is 0 Å². The van der Waals surface area contributed by atoms with Crippen molar-refractivity contribution in [2.24, 2.45) is 5.92 Å². The Morgan fingerprint density at radius 3 is 3.00 bits per heavy atom. The van der Waals surface area contributed by atoms with Crippen LogP contribution in [0.15, 0.2) is 24.3 Å². The highest BCUT2D eigenvalue weighted by Crippen LogP contribution is 2.05. The van der Waals surface area contributed by atoms with Crippen LogP contribution in [0.2, 0.25) is 0 Å². The number of nitrogens with zero attached hydrogens (tertiary/aromatic N) is 1. The molecule has 18 heavy (non-hydrogen) atoms. The SMILES string of the molecule is COCC(C)CC(=O)NCc1cccc(C#N)c1. The lowest BCUT2D eigenvalue weighted by Gasteiger charge is -2.10. The third-order valence-electron chi connectivity index (χ3n) is 2.53. The van der Waals surface area contributed by atoms with Crippen LogP contribution in [-0.2, 0) is 16.1 Å². The van der Waals surface area contributed by atoms with Crippen molar-refractivity contribution in [2.75, 3.05) is 13.7 Å². The van der Waals surface area contributed by atoms with Gasteiger partial charge in [0.05, 0.1) is 11.6 Å². The molecule has 0 saturated carbocycles.